The van der Waals surface area contributed by atoms with Crippen LogP contribution in [-0.2, 0) is 11.2 Å². The highest BCUT2D eigenvalue weighted by Gasteiger charge is 2.18. The second kappa shape index (κ2) is 6.86. The number of pyridine rings is 1. The Balaban J connectivity index is 1.60. The summed E-state index contributed by atoms with van der Waals surface area (Å²) in [5, 5.41) is 3.01. The number of rotatable bonds is 6. The van der Waals surface area contributed by atoms with Gasteiger partial charge in [0.2, 0.25) is 5.91 Å². The highest BCUT2D eigenvalue weighted by molar-refractivity contribution is 5.79. The van der Waals surface area contributed by atoms with Crippen LogP contribution in [0, 0.1) is 0 Å². The average Bonchev–Trinajstić information content (AvgIpc) is 3.21. The Morgan fingerprint density at radius 1 is 1.21 bits per heavy atom. The van der Waals surface area contributed by atoms with E-state index >= 15 is 0 Å². The van der Waals surface area contributed by atoms with Gasteiger partial charge in [-0.05, 0) is 19.1 Å². The van der Waals surface area contributed by atoms with Crippen molar-refractivity contribution in [1.29, 1.82) is 0 Å². The molecule has 0 radical (unpaired) electrons. The molecule has 24 heavy (non-hydrogen) atoms. The number of nitrogens with one attached hydrogen (secondary N) is 1. The van der Waals surface area contributed by atoms with Crippen LogP contribution >= 0.6 is 0 Å². The van der Waals surface area contributed by atoms with Gasteiger partial charge in [-0.25, -0.2) is 9.97 Å². The van der Waals surface area contributed by atoms with E-state index in [1.54, 1.807) is 6.20 Å². The number of hydrogen-bond acceptors (Lipinski definition) is 3. The highest BCUT2D eigenvalue weighted by Crippen LogP contribution is 2.17. The molecule has 0 aliphatic rings. The summed E-state index contributed by atoms with van der Waals surface area (Å²) < 4.78 is 3.98. The number of nitrogens with zero attached hydrogens (tertiary/aromatic N) is 4. The molecule has 0 aromatic carbocycles. The Morgan fingerprint density at radius 3 is 2.83 bits per heavy atom. The third kappa shape index (κ3) is 3.18. The molecule has 0 bridgehead atoms. The van der Waals surface area contributed by atoms with E-state index in [2.05, 4.69) is 29.1 Å². The average molecular weight is 325 g/mol. The molecular weight excluding hydrogens is 302 g/mol. The standard InChI is InChI=1S/C18H23N5O/c1-13(2)17-19-9-11-22(17)14(3)18(24)20-8-7-15-12-21-16-6-4-5-10-23(15)16/h4-6,9-14H,7-8H2,1-3H3,(H,20,24)/t14-/m0/s1. The maximum atomic E-state index is 12.4. The number of carbonyl (C=O) groups is 1. The fourth-order valence-electron chi connectivity index (χ4n) is 2.86. The topological polar surface area (TPSA) is 64.2 Å². The van der Waals surface area contributed by atoms with Crippen molar-refractivity contribution >= 4 is 11.6 Å². The van der Waals surface area contributed by atoms with Gasteiger partial charge in [0, 0.05) is 49.4 Å². The summed E-state index contributed by atoms with van der Waals surface area (Å²) in [4.78, 5) is 21.1. The Hall–Kier alpha value is -2.63. The minimum absolute atomic E-state index is 0.00345. The maximum Gasteiger partial charge on any atom is 0.242 e. The van der Waals surface area contributed by atoms with Crippen LogP contribution < -0.4 is 5.32 Å². The number of aromatic nitrogens is 4. The molecule has 1 N–H and O–H groups in total. The molecule has 1 amide bonds. The van der Waals surface area contributed by atoms with Gasteiger partial charge in [-0.3, -0.25) is 4.79 Å². The number of fused-ring (bicyclic) bond motifs is 1. The zero-order valence-electron chi connectivity index (χ0n) is 14.3. The normalized spacial score (nSPS) is 12.7. The quantitative estimate of drug-likeness (QED) is 0.757. The zero-order valence-corrected chi connectivity index (χ0v) is 14.3. The van der Waals surface area contributed by atoms with Crippen molar-refractivity contribution in [3.05, 3.63) is 54.5 Å². The second-order valence-electron chi connectivity index (χ2n) is 6.24. The summed E-state index contributed by atoms with van der Waals surface area (Å²) >= 11 is 0. The van der Waals surface area contributed by atoms with Crippen molar-refractivity contribution in [1.82, 2.24) is 24.3 Å². The molecule has 3 heterocycles. The summed E-state index contributed by atoms with van der Waals surface area (Å²) in [6.45, 7) is 6.64. The third-order valence-corrected chi connectivity index (χ3v) is 4.19. The summed E-state index contributed by atoms with van der Waals surface area (Å²) in [5.74, 6) is 1.22. The van der Waals surface area contributed by atoms with Crippen molar-refractivity contribution in [3.8, 4) is 0 Å². The van der Waals surface area contributed by atoms with Crippen LogP contribution in [-0.4, -0.2) is 31.4 Å². The van der Waals surface area contributed by atoms with Gasteiger partial charge in [0.15, 0.2) is 0 Å². The highest BCUT2D eigenvalue weighted by atomic mass is 16.2. The lowest BCUT2D eigenvalue weighted by Crippen LogP contribution is -2.33. The fraction of sp³-hybridized carbons (Fsp3) is 0.389. The van der Waals surface area contributed by atoms with Crippen molar-refractivity contribution in [2.75, 3.05) is 6.54 Å². The predicted molar refractivity (Wildman–Crippen MR) is 92.9 cm³/mol. The van der Waals surface area contributed by atoms with E-state index in [9.17, 15) is 4.79 Å². The van der Waals surface area contributed by atoms with Gasteiger partial charge in [-0.15, -0.1) is 0 Å². The lowest BCUT2D eigenvalue weighted by molar-refractivity contribution is -0.123. The van der Waals surface area contributed by atoms with Crippen LogP contribution in [0.5, 0.6) is 0 Å². The number of carbonyl (C=O) groups excluding carboxylic acids is 1. The molecule has 0 saturated heterocycles. The molecule has 3 rings (SSSR count). The van der Waals surface area contributed by atoms with Gasteiger partial charge in [-0.2, -0.15) is 0 Å². The second-order valence-corrected chi connectivity index (χ2v) is 6.24. The van der Waals surface area contributed by atoms with E-state index in [1.165, 1.54) is 0 Å². The molecule has 126 valence electrons. The van der Waals surface area contributed by atoms with Crippen molar-refractivity contribution < 1.29 is 4.79 Å². The Morgan fingerprint density at radius 2 is 2.04 bits per heavy atom. The van der Waals surface area contributed by atoms with Crippen molar-refractivity contribution in [3.63, 3.8) is 0 Å². The number of hydrogen-bond donors (Lipinski definition) is 1. The molecule has 0 unspecified atom stereocenters. The van der Waals surface area contributed by atoms with Gasteiger partial charge < -0.3 is 14.3 Å². The van der Waals surface area contributed by atoms with Crippen molar-refractivity contribution in [2.45, 2.75) is 39.2 Å². The molecular formula is C18H23N5O. The van der Waals surface area contributed by atoms with E-state index in [0.717, 1.165) is 23.6 Å². The van der Waals surface area contributed by atoms with Crippen LogP contribution in [0.4, 0.5) is 0 Å². The minimum Gasteiger partial charge on any atom is -0.354 e. The molecule has 3 aromatic rings. The fourth-order valence-corrected chi connectivity index (χ4v) is 2.86. The summed E-state index contributed by atoms with van der Waals surface area (Å²) in [7, 11) is 0. The molecule has 0 aliphatic carbocycles. The van der Waals surface area contributed by atoms with Crippen molar-refractivity contribution in [2.24, 2.45) is 0 Å². The third-order valence-electron chi connectivity index (χ3n) is 4.19. The molecule has 3 aromatic heterocycles. The SMILES string of the molecule is CC(C)c1nccn1[C@@H](C)C(=O)NCCc1cnc2ccccn12. The molecule has 0 aliphatic heterocycles. The lowest BCUT2D eigenvalue weighted by atomic mass is 10.2. The van der Waals surface area contributed by atoms with Gasteiger partial charge >= 0.3 is 0 Å². The summed E-state index contributed by atoms with van der Waals surface area (Å²) in [6, 6.07) is 5.64. The number of imidazole rings is 2. The molecule has 0 fully saturated rings. The van der Waals surface area contributed by atoms with Crippen LogP contribution in [0.15, 0.2) is 43.0 Å². The monoisotopic (exact) mass is 325 g/mol. The lowest BCUT2D eigenvalue weighted by Gasteiger charge is -2.17. The number of amides is 1. The van der Waals surface area contributed by atoms with Crippen LogP contribution in [0.3, 0.4) is 0 Å². The smallest absolute Gasteiger partial charge is 0.242 e. The van der Waals surface area contributed by atoms with Gasteiger partial charge in [0.05, 0.1) is 0 Å². The first kappa shape index (κ1) is 16.2. The Labute approximate surface area is 141 Å². The Kier molecular flexibility index (Phi) is 4.64. The van der Waals surface area contributed by atoms with E-state index in [0.29, 0.717) is 6.54 Å². The zero-order chi connectivity index (χ0) is 17.1. The molecule has 0 spiro atoms. The molecule has 0 saturated carbocycles. The first-order chi connectivity index (χ1) is 11.6. The Bertz CT molecular complexity index is 833. The first-order valence-electron chi connectivity index (χ1n) is 8.29. The van der Waals surface area contributed by atoms with E-state index in [-0.39, 0.29) is 17.9 Å². The molecule has 1 atom stereocenters. The molecule has 6 heteroatoms. The van der Waals surface area contributed by atoms with E-state index in [1.807, 2.05) is 52.7 Å². The predicted octanol–water partition coefficient (Wildman–Crippen LogP) is 2.57. The van der Waals surface area contributed by atoms with Gasteiger partial charge in [0.1, 0.15) is 17.5 Å². The minimum atomic E-state index is -0.271. The van der Waals surface area contributed by atoms with Gasteiger partial charge in [-0.1, -0.05) is 19.9 Å². The summed E-state index contributed by atoms with van der Waals surface area (Å²) in [6.07, 6.45) is 8.20. The maximum absolute atomic E-state index is 12.4. The van der Waals surface area contributed by atoms with E-state index < -0.39 is 0 Å². The largest absolute Gasteiger partial charge is 0.354 e. The molecule has 6 nitrogen and oxygen atoms in total. The van der Waals surface area contributed by atoms with Crippen LogP contribution in [0.2, 0.25) is 0 Å². The van der Waals surface area contributed by atoms with Crippen LogP contribution in [0.25, 0.3) is 5.65 Å². The first-order valence-corrected chi connectivity index (χ1v) is 8.29. The van der Waals surface area contributed by atoms with Crippen LogP contribution in [0.1, 0.15) is 44.2 Å². The van der Waals surface area contributed by atoms with E-state index in [4.69, 9.17) is 0 Å². The summed E-state index contributed by atoms with van der Waals surface area (Å²) in [5.41, 5.74) is 2.01. The van der Waals surface area contributed by atoms with Gasteiger partial charge in [0.25, 0.3) is 0 Å².